The zero-order valence-electron chi connectivity index (χ0n) is 7.66. The molecule has 0 aliphatic heterocycles. The van der Waals surface area contributed by atoms with Gasteiger partial charge in [-0.2, -0.15) is 0 Å². The molecule has 0 saturated heterocycles. The summed E-state index contributed by atoms with van der Waals surface area (Å²) in [4.78, 5) is 10.8. The van der Waals surface area contributed by atoms with E-state index in [0.717, 1.165) is 12.0 Å². The average Bonchev–Trinajstić information content (AvgIpc) is 2.21. The largest absolute Gasteiger partial charge is 0.508 e. The van der Waals surface area contributed by atoms with Crippen molar-refractivity contribution in [1.82, 2.24) is 5.32 Å². The zero-order valence-corrected chi connectivity index (χ0v) is 8.42. The van der Waals surface area contributed by atoms with Gasteiger partial charge in [0, 0.05) is 6.54 Å². The van der Waals surface area contributed by atoms with Crippen LogP contribution in [0.4, 0.5) is 0 Å². The predicted octanol–water partition coefficient (Wildman–Crippen LogP) is 1.29. The van der Waals surface area contributed by atoms with E-state index in [9.17, 15) is 4.79 Å². The second-order valence-corrected chi connectivity index (χ2v) is 3.17. The van der Waals surface area contributed by atoms with E-state index in [2.05, 4.69) is 5.32 Å². The number of nitrogens with one attached hydrogen (secondary N) is 1. The van der Waals surface area contributed by atoms with Gasteiger partial charge in [-0.3, -0.25) is 4.79 Å². The molecule has 1 amide bonds. The molecule has 1 rings (SSSR count). The van der Waals surface area contributed by atoms with Crippen LogP contribution < -0.4 is 5.32 Å². The molecule has 0 atom stereocenters. The minimum Gasteiger partial charge on any atom is -0.508 e. The van der Waals surface area contributed by atoms with Crippen molar-refractivity contribution in [3.63, 3.8) is 0 Å². The lowest BCUT2D eigenvalue weighted by Gasteiger charge is -2.03. The van der Waals surface area contributed by atoms with E-state index in [0.29, 0.717) is 6.54 Å². The first-order valence-corrected chi connectivity index (χ1v) is 4.86. The second kappa shape index (κ2) is 5.50. The summed E-state index contributed by atoms with van der Waals surface area (Å²) in [5.74, 6) is 0.0826. The number of hydrogen-bond donors (Lipinski definition) is 2. The van der Waals surface area contributed by atoms with Crippen molar-refractivity contribution in [2.24, 2.45) is 0 Å². The maximum atomic E-state index is 10.8. The van der Waals surface area contributed by atoms with Crippen molar-refractivity contribution in [3.8, 4) is 5.75 Å². The summed E-state index contributed by atoms with van der Waals surface area (Å²) in [6.07, 6.45) is 0.739. The van der Waals surface area contributed by atoms with Crippen molar-refractivity contribution in [2.45, 2.75) is 6.42 Å². The molecule has 14 heavy (non-hydrogen) atoms. The van der Waals surface area contributed by atoms with Crippen LogP contribution in [-0.4, -0.2) is 23.4 Å². The van der Waals surface area contributed by atoms with Gasteiger partial charge < -0.3 is 10.4 Å². The third-order valence-corrected chi connectivity index (χ3v) is 2.04. The summed E-state index contributed by atoms with van der Waals surface area (Å²) < 4.78 is 0. The van der Waals surface area contributed by atoms with E-state index < -0.39 is 0 Å². The third-order valence-electron chi connectivity index (χ3n) is 1.79. The zero-order chi connectivity index (χ0) is 10.4. The smallest absolute Gasteiger partial charge is 0.234 e. The van der Waals surface area contributed by atoms with E-state index in [-0.39, 0.29) is 17.5 Å². The van der Waals surface area contributed by atoms with Crippen molar-refractivity contribution in [1.29, 1.82) is 0 Å². The molecule has 0 aromatic heterocycles. The van der Waals surface area contributed by atoms with Gasteiger partial charge in [-0.05, 0) is 24.1 Å². The SMILES string of the molecule is O=C(CCl)NCCc1ccc(O)cc1. The Morgan fingerprint density at radius 3 is 2.57 bits per heavy atom. The normalized spacial score (nSPS) is 9.79. The van der Waals surface area contributed by atoms with Gasteiger partial charge in [-0.25, -0.2) is 0 Å². The first kappa shape index (κ1) is 10.9. The predicted molar refractivity (Wildman–Crippen MR) is 55.5 cm³/mol. The number of phenolic OH excluding ortho intramolecular Hbond substituents is 1. The lowest BCUT2D eigenvalue weighted by Crippen LogP contribution is -2.26. The molecule has 0 aliphatic rings. The van der Waals surface area contributed by atoms with Gasteiger partial charge in [-0.15, -0.1) is 11.6 Å². The summed E-state index contributed by atoms with van der Waals surface area (Å²) >= 11 is 5.31. The molecule has 2 N–H and O–H groups in total. The molecule has 0 fully saturated rings. The molecule has 0 spiro atoms. The molecule has 0 unspecified atom stereocenters. The van der Waals surface area contributed by atoms with E-state index in [1.165, 1.54) is 0 Å². The summed E-state index contributed by atoms with van der Waals surface area (Å²) in [5, 5.41) is 11.7. The molecular weight excluding hydrogens is 202 g/mol. The first-order chi connectivity index (χ1) is 6.72. The Hall–Kier alpha value is -1.22. The van der Waals surface area contributed by atoms with Crippen LogP contribution in [0.25, 0.3) is 0 Å². The summed E-state index contributed by atoms with van der Waals surface area (Å²) in [6, 6.07) is 6.89. The number of rotatable bonds is 4. The molecule has 0 heterocycles. The van der Waals surface area contributed by atoms with E-state index in [1.54, 1.807) is 12.1 Å². The highest BCUT2D eigenvalue weighted by Gasteiger charge is 1.97. The van der Waals surface area contributed by atoms with Crippen LogP contribution in [0, 0.1) is 0 Å². The highest BCUT2D eigenvalue weighted by atomic mass is 35.5. The molecule has 4 heteroatoms. The molecule has 0 bridgehead atoms. The van der Waals surface area contributed by atoms with Gasteiger partial charge in [0.2, 0.25) is 5.91 Å². The number of benzene rings is 1. The van der Waals surface area contributed by atoms with Crippen LogP contribution in [0.3, 0.4) is 0 Å². The van der Waals surface area contributed by atoms with Gasteiger partial charge in [0.05, 0.1) is 0 Å². The fraction of sp³-hybridized carbons (Fsp3) is 0.300. The van der Waals surface area contributed by atoms with Gasteiger partial charge in [0.25, 0.3) is 0 Å². The number of alkyl halides is 1. The first-order valence-electron chi connectivity index (χ1n) is 4.33. The molecule has 3 nitrogen and oxygen atoms in total. The van der Waals surface area contributed by atoms with E-state index in [1.807, 2.05) is 12.1 Å². The molecule has 76 valence electrons. The summed E-state index contributed by atoms with van der Waals surface area (Å²) in [6.45, 7) is 0.566. The minimum atomic E-state index is -0.162. The van der Waals surface area contributed by atoms with Crippen molar-refractivity contribution < 1.29 is 9.90 Å². The van der Waals surface area contributed by atoms with Crippen LogP contribution in [0.5, 0.6) is 5.75 Å². The Balaban J connectivity index is 2.31. The number of phenols is 1. The number of hydrogen-bond acceptors (Lipinski definition) is 2. The maximum absolute atomic E-state index is 10.8. The lowest BCUT2D eigenvalue weighted by atomic mass is 10.1. The van der Waals surface area contributed by atoms with Crippen LogP contribution in [0.15, 0.2) is 24.3 Å². The average molecular weight is 214 g/mol. The Bertz CT molecular complexity index is 297. The highest BCUT2D eigenvalue weighted by Crippen LogP contribution is 2.09. The molecule has 1 aromatic carbocycles. The van der Waals surface area contributed by atoms with Crippen molar-refractivity contribution >= 4 is 17.5 Å². The van der Waals surface area contributed by atoms with E-state index >= 15 is 0 Å². The van der Waals surface area contributed by atoms with Gasteiger partial charge in [-0.1, -0.05) is 12.1 Å². The standard InChI is InChI=1S/C10H12ClNO2/c11-7-10(14)12-6-5-8-1-3-9(13)4-2-8/h1-4,13H,5-7H2,(H,12,14). The van der Waals surface area contributed by atoms with Gasteiger partial charge >= 0.3 is 0 Å². The molecule has 0 radical (unpaired) electrons. The Morgan fingerprint density at radius 2 is 2.00 bits per heavy atom. The molecule has 1 aromatic rings. The van der Waals surface area contributed by atoms with Gasteiger partial charge in [0.15, 0.2) is 0 Å². The second-order valence-electron chi connectivity index (χ2n) is 2.90. The molecule has 0 aliphatic carbocycles. The number of halogens is 1. The van der Waals surface area contributed by atoms with Crippen molar-refractivity contribution in [3.05, 3.63) is 29.8 Å². The number of amides is 1. The lowest BCUT2D eigenvalue weighted by molar-refractivity contribution is -0.118. The fourth-order valence-electron chi connectivity index (χ4n) is 1.06. The Labute approximate surface area is 87.7 Å². The Kier molecular flexibility index (Phi) is 4.26. The summed E-state index contributed by atoms with van der Waals surface area (Å²) in [7, 11) is 0. The monoisotopic (exact) mass is 213 g/mol. The minimum absolute atomic E-state index is 0.00439. The van der Waals surface area contributed by atoms with Crippen LogP contribution in [-0.2, 0) is 11.2 Å². The fourth-order valence-corrected chi connectivity index (χ4v) is 1.15. The van der Waals surface area contributed by atoms with Gasteiger partial charge in [0.1, 0.15) is 11.6 Å². The topological polar surface area (TPSA) is 49.3 Å². The molecular formula is C10H12ClNO2. The maximum Gasteiger partial charge on any atom is 0.234 e. The Morgan fingerprint density at radius 1 is 1.36 bits per heavy atom. The quantitative estimate of drug-likeness (QED) is 0.741. The van der Waals surface area contributed by atoms with Crippen molar-refractivity contribution in [2.75, 3.05) is 12.4 Å². The molecule has 0 saturated carbocycles. The third kappa shape index (κ3) is 3.66. The highest BCUT2D eigenvalue weighted by molar-refractivity contribution is 6.27. The van der Waals surface area contributed by atoms with Crippen LogP contribution >= 0.6 is 11.6 Å². The number of aromatic hydroxyl groups is 1. The number of carbonyl (C=O) groups is 1. The van der Waals surface area contributed by atoms with E-state index in [4.69, 9.17) is 16.7 Å². The van der Waals surface area contributed by atoms with Crippen LogP contribution in [0.1, 0.15) is 5.56 Å². The number of carbonyl (C=O) groups excluding carboxylic acids is 1. The summed E-state index contributed by atoms with van der Waals surface area (Å²) in [5.41, 5.74) is 1.07. The van der Waals surface area contributed by atoms with Crippen LogP contribution in [0.2, 0.25) is 0 Å².